The maximum atomic E-state index is 11.5. The van der Waals surface area contributed by atoms with Crippen LogP contribution in [-0.4, -0.2) is 23.1 Å². The Morgan fingerprint density at radius 1 is 1.15 bits per heavy atom. The number of anilines is 1. The summed E-state index contributed by atoms with van der Waals surface area (Å²) >= 11 is 0. The highest BCUT2D eigenvalue weighted by atomic mass is 35.5. The van der Waals surface area contributed by atoms with Gasteiger partial charge in [-0.05, 0) is 55.9 Å². The van der Waals surface area contributed by atoms with Crippen LogP contribution in [0.25, 0.3) is 0 Å². The summed E-state index contributed by atoms with van der Waals surface area (Å²) < 4.78 is 0. The molecule has 27 heavy (non-hydrogen) atoms. The largest absolute Gasteiger partial charge is 0.387 e. The van der Waals surface area contributed by atoms with E-state index in [1.54, 1.807) is 0 Å². The van der Waals surface area contributed by atoms with Crippen LogP contribution in [0.2, 0.25) is 0 Å². The number of carbonyl (C=O) groups is 1. The molecule has 2 aromatic rings. The van der Waals surface area contributed by atoms with E-state index in [4.69, 9.17) is 0 Å². The third-order valence-corrected chi connectivity index (χ3v) is 5.07. The molecule has 0 aliphatic carbocycles. The zero-order chi connectivity index (χ0) is 18.6. The molecular formula is C22H29ClN2O2. The highest BCUT2D eigenvalue weighted by Crippen LogP contribution is 2.26. The van der Waals surface area contributed by atoms with E-state index in [0.717, 1.165) is 36.1 Å². The summed E-state index contributed by atoms with van der Waals surface area (Å²) in [6, 6.07) is 16.3. The number of carbonyl (C=O) groups excluding carboxylic acids is 1. The molecule has 1 unspecified atom stereocenters. The molecule has 1 aliphatic heterocycles. The van der Waals surface area contributed by atoms with E-state index < -0.39 is 6.10 Å². The first-order valence-electron chi connectivity index (χ1n) is 9.33. The number of nitrogens with one attached hydrogen (secondary N) is 2. The van der Waals surface area contributed by atoms with Gasteiger partial charge in [-0.3, -0.25) is 4.79 Å². The average molecular weight is 389 g/mol. The molecule has 146 valence electrons. The highest BCUT2D eigenvalue weighted by molar-refractivity contribution is 5.93. The van der Waals surface area contributed by atoms with E-state index in [-0.39, 0.29) is 23.9 Å². The lowest BCUT2D eigenvalue weighted by Crippen LogP contribution is -2.42. The van der Waals surface area contributed by atoms with Crippen LogP contribution in [0.3, 0.4) is 0 Å². The van der Waals surface area contributed by atoms with Crippen LogP contribution in [0.1, 0.15) is 49.5 Å². The number of halogens is 1. The molecule has 0 saturated carbocycles. The molecule has 0 radical (unpaired) electrons. The van der Waals surface area contributed by atoms with Crippen LogP contribution in [0.5, 0.6) is 0 Å². The number of rotatable bonds is 7. The lowest BCUT2D eigenvalue weighted by atomic mass is 9.94. The predicted molar refractivity (Wildman–Crippen MR) is 112 cm³/mol. The standard InChI is InChI=1S/C22H28N2O2.ClH/c1-22(2,13-12-16-6-4-3-5-7-16)23-15-20(25)18-8-10-19-17(14-18)9-11-21(26)24-19;/h3-8,10,14,20,23,25H,9,11-13,15H2,1-2H3,(H,24,26);1H. The maximum absolute atomic E-state index is 11.5. The van der Waals surface area contributed by atoms with Crippen molar-refractivity contribution in [1.82, 2.24) is 5.32 Å². The van der Waals surface area contributed by atoms with Gasteiger partial charge in [0.05, 0.1) is 6.10 Å². The van der Waals surface area contributed by atoms with Gasteiger partial charge in [0.2, 0.25) is 5.91 Å². The van der Waals surface area contributed by atoms with Gasteiger partial charge < -0.3 is 15.7 Å². The monoisotopic (exact) mass is 388 g/mol. The zero-order valence-corrected chi connectivity index (χ0v) is 16.8. The van der Waals surface area contributed by atoms with Crippen molar-refractivity contribution in [3.05, 3.63) is 65.2 Å². The van der Waals surface area contributed by atoms with Crippen LogP contribution in [0, 0.1) is 0 Å². The SMILES string of the molecule is CC(C)(CCc1ccccc1)NCC(O)c1ccc2c(c1)CCC(=O)N2.Cl. The Morgan fingerprint density at radius 3 is 2.63 bits per heavy atom. The Morgan fingerprint density at radius 2 is 1.89 bits per heavy atom. The number of fused-ring (bicyclic) bond motifs is 1. The second-order valence-corrected chi connectivity index (χ2v) is 7.73. The van der Waals surface area contributed by atoms with Gasteiger partial charge in [-0.25, -0.2) is 0 Å². The maximum Gasteiger partial charge on any atom is 0.224 e. The molecule has 0 bridgehead atoms. The molecular weight excluding hydrogens is 360 g/mol. The number of benzene rings is 2. The number of aliphatic hydroxyl groups excluding tert-OH is 1. The molecule has 5 heteroatoms. The fourth-order valence-corrected chi connectivity index (χ4v) is 3.29. The Bertz CT molecular complexity index is 762. The molecule has 0 fully saturated rings. The second-order valence-electron chi connectivity index (χ2n) is 7.73. The number of hydrogen-bond acceptors (Lipinski definition) is 3. The Kier molecular flexibility index (Phi) is 7.42. The third kappa shape index (κ3) is 6.06. The second kappa shape index (κ2) is 9.36. The van der Waals surface area contributed by atoms with Gasteiger partial charge in [-0.15, -0.1) is 12.4 Å². The minimum absolute atomic E-state index is 0. The average Bonchev–Trinajstić information content (AvgIpc) is 2.65. The van der Waals surface area contributed by atoms with Crippen molar-refractivity contribution in [2.24, 2.45) is 0 Å². The molecule has 0 aromatic heterocycles. The van der Waals surface area contributed by atoms with E-state index in [0.29, 0.717) is 13.0 Å². The van der Waals surface area contributed by atoms with Crippen molar-refractivity contribution in [2.45, 2.75) is 51.2 Å². The van der Waals surface area contributed by atoms with Gasteiger partial charge in [-0.2, -0.15) is 0 Å². The van der Waals surface area contributed by atoms with Gasteiger partial charge in [0, 0.05) is 24.2 Å². The first kappa shape index (κ1) is 21.4. The quantitative estimate of drug-likeness (QED) is 0.671. The zero-order valence-electron chi connectivity index (χ0n) is 16.0. The van der Waals surface area contributed by atoms with E-state index in [1.165, 1.54) is 5.56 Å². The number of aryl methyl sites for hydroxylation is 2. The summed E-state index contributed by atoms with van der Waals surface area (Å²) in [5.74, 6) is 0.0626. The fourth-order valence-electron chi connectivity index (χ4n) is 3.29. The molecule has 1 aliphatic rings. The molecule has 2 aromatic carbocycles. The molecule has 3 rings (SSSR count). The molecule has 1 heterocycles. The van der Waals surface area contributed by atoms with Crippen molar-refractivity contribution < 1.29 is 9.90 Å². The van der Waals surface area contributed by atoms with Crippen molar-refractivity contribution in [3.63, 3.8) is 0 Å². The van der Waals surface area contributed by atoms with Crippen LogP contribution in [0.15, 0.2) is 48.5 Å². The summed E-state index contributed by atoms with van der Waals surface area (Å²) in [5.41, 5.74) is 4.14. The Balaban J connectivity index is 0.00000261. The van der Waals surface area contributed by atoms with Crippen molar-refractivity contribution in [2.75, 3.05) is 11.9 Å². The van der Waals surface area contributed by atoms with Gasteiger partial charge in [0.15, 0.2) is 0 Å². The number of amides is 1. The first-order chi connectivity index (χ1) is 12.4. The topological polar surface area (TPSA) is 61.4 Å². The summed E-state index contributed by atoms with van der Waals surface area (Å²) in [6.45, 7) is 4.85. The fraction of sp³-hybridized carbons (Fsp3) is 0.409. The Labute approximate surface area is 167 Å². The molecule has 4 nitrogen and oxygen atoms in total. The van der Waals surface area contributed by atoms with Crippen molar-refractivity contribution >= 4 is 24.0 Å². The van der Waals surface area contributed by atoms with Crippen LogP contribution in [0.4, 0.5) is 5.69 Å². The highest BCUT2D eigenvalue weighted by Gasteiger charge is 2.21. The number of hydrogen-bond donors (Lipinski definition) is 3. The molecule has 0 spiro atoms. The molecule has 1 amide bonds. The minimum Gasteiger partial charge on any atom is -0.387 e. The summed E-state index contributed by atoms with van der Waals surface area (Å²) in [5, 5.41) is 16.9. The van der Waals surface area contributed by atoms with E-state index >= 15 is 0 Å². The van der Waals surface area contributed by atoms with Gasteiger partial charge >= 0.3 is 0 Å². The van der Waals surface area contributed by atoms with Crippen LogP contribution < -0.4 is 10.6 Å². The van der Waals surface area contributed by atoms with Crippen molar-refractivity contribution in [3.8, 4) is 0 Å². The first-order valence-corrected chi connectivity index (χ1v) is 9.33. The van der Waals surface area contributed by atoms with E-state index in [2.05, 4.69) is 48.7 Å². The van der Waals surface area contributed by atoms with E-state index in [9.17, 15) is 9.90 Å². The Hall–Kier alpha value is -1.88. The third-order valence-electron chi connectivity index (χ3n) is 5.07. The summed E-state index contributed by atoms with van der Waals surface area (Å²) in [6.07, 6.45) is 2.69. The van der Waals surface area contributed by atoms with Gasteiger partial charge in [0.25, 0.3) is 0 Å². The summed E-state index contributed by atoms with van der Waals surface area (Å²) in [7, 11) is 0. The molecule has 0 saturated heterocycles. The minimum atomic E-state index is -0.561. The molecule has 1 atom stereocenters. The normalized spacial score (nSPS) is 14.7. The number of β-amino-alcohol motifs (C(OH)–C–C–N with tert-alkyl or cyclic N) is 1. The smallest absolute Gasteiger partial charge is 0.224 e. The lowest BCUT2D eigenvalue weighted by Gasteiger charge is -2.28. The lowest BCUT2D eigenvalue weighted by molar-refractivity contribution is -0.116. The van der Waals surface area contributed by atoms with Gasteiger partial charge in [-0.1, -0.05) is 42.5 Å². The van der Waals surface area contributed by atoms with Crippen molar-refractivity contribution in [1.29, 1.82) is 0 Å². The van der Waals surface area contributed by atoms with Crippen LogP contribution >= 0.6 is 12.4 Å². The predicted octanol–water partition coefficient (Wildman–Crippen LogP) is 4.03. The van der Waals surface area contributed by atoms with E-state index in [1.807, 2.05) is 24.3 Å². The number of aliphatic hydroxyl groups is 1. The van der Waals surface area contributed by atoms with Crippen LogP contribution in [-0.2, 0) is 17.6 Å². The molecule has 3 N–H and O–H groups in total. The summed E-state index contributed by atoms with van der Waals surface area (Å²) in [4.78, 5) is 11.5. The van der Waals surface area contributed by atoms with Gasteiger partial charge in [0.1, 0.15) is 0 Å².